The Bertz CT molecular complexity index is 604. The molecule has 1 amide bonds. The molecule has 8 heteroatoms. The number of nitro benzene ring substituents is 1. The fourth-order valence-electron chi connectivity index (χ4n) is 1.67. The second-order valence-corrected chi connectivity index (χ2v) is 6.64. The zero-order chi connectivity index (χ0) is 17.6. The molecule has 0 aliphatic heterocycles. The third-order valence-electron chi connectivity index (χ3n) is 3.09. The number of rotatable bonds is 8. The lowest BCUT2D eigenvalue weighted by molar-refractivity contribution is -0.387. The van der Waals surface area contributed by atoms with E-state index < -0.39 is 22.8 Å². The summed E-state index contributed by atoms with van der Waals surface area (Å²) in [7, 11) is 0. The fourth-order valence-corrected chi connectivity index (χ4v) is 2.92. The van der Waals surface area contributed by atoms with Gasteiger partial charge in [-0.3, -0.25) is 19.7 Å². The number of carbonyl (C=O) groups excluding carboxylic acids is 1. The maximum atomic E-state index is 11.9. The number of thioether (sulfide) groups is 1. The highest BCUT2D eigenvalue weighted by Crippen LogP contribution is 2.31. The molecular weight excluding hydrogens is 320 g/mol. The van der Waals surface area contributed by atoms with E-state index in [2.05, 4.69) is 19.2 Å². The highest BCUT2D eigenvalue weighted by atomic mass is 32.2. The Balaban J connectivity index is 2.92. The Morgan fingerprint density at radius 1 is 1.35 bits per heavy atom. The van der Waals surface area contributed by atoms with Crippen molar-refractivity contribution >= 4 is 29.3 Å². The van der Waals surface area contributed by atoms with E-state index >= 15 is 0 Å². The molecular formula is C15H20N2O5S. The van der Waals surface area contributed by atoms with Crippen LogP contribution in [0.15, 0.2) is 23.1 Å². The molecule has 0 fully saturated rings. The van der Waals surface area contributed by atoms with Crippen LogP contribution in [0.3, 0.4) is 0 Å². The second kappa shape index (κ2) is 8.52. The number of carbonyl (C=O) groups is 2. The van der Waals surface area contributed by atoms with Crippen LogP contribution in [0.5, 0.6) is 0 Å². The zero-order valence-electron chi connectivity index (χ0n) is 13.2. The predicted octanol–water partition coefficient (Wildman–Crippen LogP) is 2.94. The van der Waals surface area contributed by atoms with Crippen molar-refractivity contribution in [3.05, 3.63) is 33.9 Å². The van der Waals surface area contributed by atoms with E-state index in [9.17, 15) is 19.7 Å². The maximum Gasteiger partial charge on any atom is 0.325 e. The fraction of sp³-hybridized carbons (Fsp3) is 0.467. The largest absolute Gasteiger partial charge is 0.480 e. The number of aliphatic carboxylic acids is 1. The van der Waals surface area contributed by atoms with Gasteiger partial charge in [-0.15, -0.1) is 11.8 Å². The molecule has 0 aromatic heterocycles. The van der Waals surface area contributed by atoms with E-state index in [1.54, 1.807) is 0 Å². The second-order valence-electron chi connectivity index (χ2n) is 5.50. The first-order valence-electron chi connectivity index (χ1n) is 7.17. The molecule has 0 saturated carbocycles. The van der Waals surface area contributed by atoms with Crippen molar-refractivity contribution in [2.24, 2.45) is 5.92 Å². The third-order valence-corrected chi connectivity index (χ3v) is 4.18. The van der Waals surface area contributed by atoms with Gasteiger partial charge in [-0.2, -0.15) is 0 Å². The summed E-state index contributed by atoms with van der Waals surface area (Å²) in [4.78, 5) is 33.8. The van der Waals surface area contributed by atoms with Crippen LogP contribution < -0.4 is 5.32 Å². The van der Waals surface area contributed by atoms with Crippen molar-refractivity contribution in [1.82, 2.24) is 5.32 Å². The van der Waals surface area contributed by atoms with Crippen LogP contribution in [0.1, 0.15) is 37.6 Å². The van der Waals surface area contributed by atoms with Gasteiger partial charge in [-0.05, 0) is 37.1 Å². The molecule has 1 aromatic rings. The van der Waals surface area contributed by atoms with E-state index in [1.165, 1.54) is 36.9 Å². The normalized spacial score (nSPS) is 12.0. The standard InChI is InChI=1S/C15H20N2O5S/c1-9(2)6-7-23-13-5-4-11(8-12(13)17(21)22)14(18)16-10(3)15(19)20/h4-5,8-10H,6-7H2,1-3H3,(H,16,18)(H,19,20). The van der Waals surface area contributed by atoms with Gasteiger partial charge in [-0.1, -0.05) is 13.8 Å². The predicted molar refractivity (Wildman–Crippen MR) is 87.8 cm³/mol. The number of carboxylic acid groups (broad SMARTS) is 1. The Morgan fingerprint density at radius 2 is 2.00 bits per heavy atom. The van der Waals surface area contributed by atoms with E-state index in [4.69, 9.17) is 5.11 Å². The molecule has 0 spiro atoms. The summed E-state index contributed by atoms with van der Waals surface area (Å²) in [5.41, 5.74) is -0.0765. The number of nitrogens with one attached hydrogen (secondary N) is 1. The number of hydrogen-bond donors (Lipinski definition) is 2. The van der Waals surface area contributed by atoms with Crippen LogP contribution in [0.4, 0.5) is 5.69 Å². The molecule has 1 atom stereocenters. The highest BCUT2D eigenvalue weighted by Gasteiger charge is 2.20. The van der Waals surface area contributed by atoms with Crippen molar-refractivity contribution < 1.29 is 19.6 Å². The minimum atomic E-state index is -1.17. The Hall–Kier alpha value is -2.09. The van der Waals surface area contributed by atoms with Gasteiger partial charge >= 0.3 is 5.97 Å². The van der Waals surface area contributed by atoms with Gasteiger partial charge in [0, 0.05) is 11.6 Å². The van der Waals surface area contributed by atoms with E-state index in [1.807, 2.05) is 0 Å². The maximum absolute atomic E-state index is 11.9. The summed E-state index contributed by atoms with van der Waals surface area (Å²) < 4.78 is 0. The monoisotopic (exact) mass is 340 g/mol. The Morgan fingerprint density at radius 3 is 2.52 bits per heavy atom. The van der Waals surface area contributed by atoms with Gasteiger partial charge in [0.1, 0.15) is 6.04 Å². The van der Waals surface area contributed by atoms with Crippen LogP contribution in [-0.4, -0.2) is 33.7 Å². The summed E-state index contributed by atoms with van der Waals surface area (Å²) in [6, 6.07) is 3.11. The lowest BCUT2D eigenvalue weighted by Gasteiger charge is -2.10. The minimum Gasteiger partial charge on any atom is -0.480 e. The number of hydrogen-bond acceptors (Lipinski definition) is 5. The Labute approximate surface area is 138 Å². The quantitative estimate of drug-likeness (QED) is 0.428. The first-order valence-corrected chi connectivity index (χ1v) is 8.15. The van der Waals surface area contributed by atoms with E-state index in [-0.39, 0.29) is 11.3 Å². The molecule has 0 radical (unpaired) electrons. The summed E-state index contributed by atoms with van der Waals surface area (Å²) >= 11 is 1.38. The van der Waals surface area contributed by atoms with Crippen LogP contribution in [0.25, 0.3) is 0 Å². The molecule has 0 aliphatic rings. The van der Waals surface area contributed by atoms with Gasteiger partial charge in [0.05, 0.1) is 9.82 Å². The lowest BCUT2D eigenvalue weighted by Crippen LogP contribution is -2.38. The zero-order valence-corrected chi connectivity index (χ0v) is 14.1. The van der Waals surface area contributed by atoms with E-state index in [0.717, 1.165) is 12.2 Å². The smallest absolute Gasteiger partial charge is 0.325 e. The molecule has 2 N–H and O–H groups in total. The van der Waals surface area contributed by atoms with Gasteiger partial charge in [0.25, 0.3) is 11.6 Å². The van der Waals surface area contributed by atoms with Crippen LogP contribution in [0, 0.1) is 16.0 Å². The first-order chi connectivity index (χ1) is 10.7. The Kier molecular flexibility index (Phi) is 7.02. The molecule has 0 saturated heterocycles. The molecule has 126 valence electrons. The third kappa shape index (κ3) is 5.90. The van der Waals surface area contributed by atoms with Crippen LogP contribution in [0.2, 0.25) is 0 Å². The minimum absolute atomic E-state index is 0.0676. The van der Waals surface area contributed by atoms with Gasteiger partial charge < -0.3 is 10.4 Å². The first kappa shape index (κ1) is 19.0. The summed E-state index contributed by atoms with van der Waals surface area (Å²) in [5, 5.41) is 22.2. The van der Waals surface area contributed by atoms with Gasteiger partial charge in [0.15, 0.2) is 0 Å². The van der Waals surface area contributed by atoms with Crippen molar-refractivity contribution in [3.63, 3.8) is 0 Å². The molecule has 7 nitrogen and oxygen atoms in total. The summed E-state index contributed by atoms with van der Waals surface area (Å²) in [6.07, 6.45) is 0.931. The molecule has 1 rings (SSSR count). The summed E-state index contributed by atoms with van der Waals surface area (Å²) in [5.74, 6) is -0.570. The van der Waals surface area contributed by atoms with Crippen molar-refractivity contribution in [1.29, 1.82) is 0 Å². The number of nitrogens with zero attached hydrogens (tertiary/aromatic N) is 1. The highest BCUT2D eigenvalue weighted by molar-refractivity contribution is 7.99. The molecule has 0 aliphatic carbocycles. The molecule has 0 heterocycles. The molecule has 23 heavy (non-hydrogen) atoms. The number of carboxylic acids is 1. The van der Waals surface area contributed by atoms with Crippen LogP contribution in [-0.2, 0) is 4.79 Å². The summed E-state index contributed by atoms with van der Waals surface area (Å²) in [6.45, 7) is 5.48. The molecule has 1 unspecified atom stereocenters. The average molecular weight is 340 g/mol. The van der Waals surface area contributed by atoms with Crippen molar-refractivity contribution in [3.8, 4) is 0 Å². The van der Waals surface area contributed by atoms with Crippen molar-refractivity contribution in [2.75, 3.05) is 5.75 Å². The number of benzene rings is 1. The number of nitro groups is 1. The molecule has 0 bridgehead atoms. The topological polar surface area (TPSA) is 110 Å². The number of amides is 1. The van der Waals surface area contributed by atoms with Gasteiger partial charge in [-0.25, -0.2) is 0 Å². The SMILES string of the molecule is CC(C)CCSc1ccc(C(=O)NC(C)C(=O)O)cc1[N+](=O)[O-]. The van der Waals surface area contributed by atoms with E-state index in [0.29, 0.717) is 10.8 Å². The van der Waals surface area contributed by atoms with Gasteiger partial charge in [0.2, 0.25) is 0 Å². The lowest BCUT2D eigenvalue weighted by atomic mass is 10.1. The van der Waals surface area contributed by atoms with Crippen LogP contribution >= 0.6 is 11.8 Å². The van der Waals surface area contributed by atoms with Crippen molar-refractivity contribution in [2.45, 2.75) is 38.1 Å². The average Bonchev–Trinajstić information content (AvgIpc) is 2.46. The molecule has 1 aromatic carbocycles.